The molecule has 0 aliphatic rings. The van der Waals surface area contributed by atoms with Crippen molar-refractivity contribution in [2.24, 2.45) is 0 Å². The number of halogens is 1. The third-order valence-corrected chi connectivity index (χ3v) is 3.86. The third-order valence-electron chi connectivity index (χ3n) is 3.37. The van der Waals surface area contributed by atoms with Crippen LogP contribution in [0.25, 0.3) is 0 Å². The van der Waals surface area contributed by atoms with E-state index in [1.165, 1.54) is 0 Å². The van der Waals surface area contributed by atoms with Gasteiger partial charge >= 0.3 is 6.09 Å². The first kappa shape index (κ1) is 20.2. The molecular weight excluding hydrogens is 370 g/mol. The molecule has 0 saturated carbocycles. The topological polar surface area (TPSA) is 58.6 Å². The molecule has 5 heteroatoms. The fourth-order valence-electron chi connectivity index (χ4n) is 2.02. The summed E-state index contributed by atoms with van der Waals surface area (Å²) >= 11 is 3.39. The lowest BCUT2D eigenvalue weighted by Gasteiger charge is -2.29. The molecule has 1 amide bonds. The Morgan fingerprint density at radius 3 is 2.42 bits per heavy atom. The normalized spacial score (nSPS) is 12.4. The van der Waals surface area contributed by atoms with Crippen LogP contribution in [-0.4, -0.2) is 17.8 Å². The van der Waals surface area contributed by atoms with Crippen LogP contribution in [0.3, 0.4) is 0 Å². The third kappa shape index (κ3) is 5.98. The van der Waals surface area contributed by atoms with E-state index in [9.17, 15) is 9.90 Å². The van der Waals surface area contributed by atoms with Gasteiger partial charge in [-0.25, -0.2) is 4.79 Å². The van der Waals surface area contributed by atoms with Gasteiger partial charge in [0.25, 0.3) is 0 Å². The maximum Gasteiger partial charge on any atom is 0.408 e. The van der Waals surface area contributed by atoms with Crippen molar-refractivity contribution in [3.63, 3.8) is 0 Å². The van der Waals surface area contributed by atoms with Gasteiger partial charge in [0.05, 0.1) is 12.1 Å². The lowest BCUT2D eigenvalue weighted by Crippen LogP contribution is -2.46. The van der Waals surface area contributed by atoms with Crippen molar-refractivity contribution >= 4 is 22.0 Å². The van der Waals surface area contributed by atoms with E-state index in [1.807, 2.05) is 68.4 Å². The predicted octanol–water partition coefficient (Wildman–Crippen LogP) is 4.61. The number of benzene rings is 2. The Balaban J connectivity index is 0.00000139. The minimum Gasteiger partial charge on any atom is -0.445 e. The molecule has 2 aromatic rings. The Bertz CT molecular complexity index is 634. The molecule has 4 nitrogen and oxygen atoms in total. The molecule has 0 aromatic heterocycles. The van der Waals surface area contributed by atoms with E-state index < -0.39 is 11.6 Å². The summed E-state index contributed by atoms with van der Waals surface area (Å²) in [4.78, 5) is 12.0. The summed E-state index contributed by atoms with van der Waals surface area (Å²) in [5.74, 6) is 0. The molecule has 0 saturated heterocycles. The highest BCUT2D eigenvalue weighted by Crippen LogP contribution is 2.23. The van der Waals surface area contributed by atoms with Gasteiger partial charge in [-0.2, -0.15) is 0 Å². The van der Waals surface area contributed by atoms with E-state index in [-0.39, 0.29) is 13.2 Å². The second kappa shape index (κ2) is 10.1. The summed E-state index contributed by atoms with van der Waals surface area (Å²) in [5, 5.41) is 12.4. The number of hydrogen-bond donors (Lipinski definition) is 2. The Hall–Kier alpha value is -1.85. The molecule has 2 aromatic carbocycles. The summed E-state index contributed by atoms with van der Waals surface area (Å²) in [6.07, 6.45) is -0.569. The Labute approximate surface area is 152 Å². The van der Waals surface area contributed by atoms with Gasteiger partial charge in [-0.1, -0.05) is 72.2 Å². The predicted molar refractivity (Wildman–Crippen MR) is 99.7 cm³/mol. The van der Waals surface area contributed by atoms with Crippen molar-refractivity contribution in [2.75, 3.05) is 6.61 Å². The zero-order chi connectivity index (χ0) is 18.0. The van der Waals surface area contributed by atoms with Crippen molar-refractivity contribution in [3.05, 3.63) is 70.2 Å². The quantitative estimate of drug-likeness (QED) is 0.779. The first-order valence-electron chi connectivity index (χ1n) is 7.89. The summed E-state index contributed by atoms with van der Waals surface area (Å²) < 4.78 is 6.08. The van der Waals surface area contributed by atoms with Crippen LogP contribution in [0.2, 0.25) is 0 Å². The average Bonchev–Trinajstić information content (AvgIpc) is 2.62. The molecule has 0 bridgehead atoms. The van der Waals surface area contributed by atoms with Gasteiger partial charge in [-0.15, -0.1) is 0 Å². The molecule has 0 fully saturated rings. The number of alkyl carbamates (subject to hydrolysis) is 1. The second-order valence-corrected chi connectivity index (χ2v) is 6.10. The molecule has 1 atom stereocenters. The Morgan fingerprint density at radius 1 is 1.17 bits per heavy atom. The number of aliphatic hydroxyl groups is 1. The molecule has 130 valence electrons. The van der Waals surface area contributed by atoms with Crippen LogP contribution in [0.15, 0.2) is 59.1 Å². The largest absolute Gasteiger partial charge is 0.445 e. The van der Waals surface area contributed by atoms with E-state index in [2.05, 4.69) is 21.2 Å². The SMILES string of the molecule is CC.CC(CO)(NC(=O)OCc1ccccc1)c1cccc(Br)c1. The lowest BCUT2D eigenvalue weighted by molar-refractivity contribution is 0.111. The van der Waals surface area contributed by atoms with Crippen LogP contribution < -0.4 is 5.32 Å². The van der Waals surface area contributed by atoms with Crippen LogP contribution in [0.4, 0.5) is 4.79 Å². The summed E-state index contributed by atoms with van der Waals surface area (Å²) in [5.41, 5.74) is 0.796. The first-order chi connectivity index (χ1) is 11.5. The molecule has 0 radical (unpaired) electrons. The highest BCUT2D eigenvalue weighted by Gasteiger charge is 2.28. The van der Waals surface area contributed by atoms with Gasteiger partial charge in [0.2, 0.25) is 0 Å². The van der Waals surface area contributed by atoms with Crippen molar-refractivity contribution in [1.29, 1.82) is 0 Å². The maximum atomic E-state index is 12.0. The Morgan fingerprint density at radius 2 is 1.83 bits per heavy atom. The number of nitrogens with one attached hydrogen (secondary N) is 1. The molecule has 0 spiro atoms. The minimum absolute atomic E-state index is 0.187. The second-order valence-electron chi connectivity index (χ2n) is 5.19. The van der Waals surface area contributed by atoms with Crippen molar-refractivity contribution in [1.82, 2.24) is 5.32 Å². The molecule has 0 aliphatic carbocycles. The molecule has 24 heavy (non-hydrogen) atoms. The van der Waals surface area contributed by atoms with E-state index in [4.69, 9.17) is 4.74 Å². The monoisotopic (exact) mass is 393 g/mol. The number of amides is 1. The number of carbonyl (C=O) groups is 1. The standard InChI is InChI=1S/C17H18BrNO3.C2H6/c1-17(12-20,14-8-5-9-15(18)10-14)19-16(21)22-11-13-6-3-2-4-7-13;1-2/h2-10,20H,11-12H2,1H3,(H,19,21);1-2H3. The minimum atomic E-state index is -0.905. The number of rotatable bonds is 5. The zero-order valence-corrected chi connectivity index (χ0v) is 15.8. The number of carbonyl (C=O) groups excluding carboxylic acids is 1. The van der Waals surface area contributed by atoms with Gasteiger partial charge in [0.15, 0.2) is 0 Å². The van der Waals surface area contributed by atoms with Gasteiger partial charge < -0.3 is 15.2 Å². The van der Waals surface area contributed by atoms with Crippen LogP contribution in [0.5, 0.6) is 0 Å². The van der Waals surface area contributed by atoms with Crippen molar-refractivity contribution in [2.45, 2.75) is 32.9 Å². The smallest absolute Gasteiger partial charge is 0.408 e. The molecule has 1 unspecified atom stereocenters. The summed E-state index contributed by atoms with van der Waals surface area (Å²) in [6.45, 7) is 5.70. The summed E-state index contributed by atoms with van der Waals surface area (Å²) in [7, 11) is 0. The van der Waals surface area contributed by atoms with Crippen LogP contribution >= 0.6 is 15.9 Å². The maximum absolute atomic E-state index is 12.0. The van der Waals surface area contributed by atoms with E-state index >= 15 is 0 Å². The highest BCUT2D eigenvalue weighted by atomic mass is 79.9. The number of aliphatic hydroxyl groups excluding tert-OH is 1. The van der Waals surface area contributed by atoms with Crippen molar-refractivity contribution < 1.29 is 14.6 Å². The van der Waals surface area contributed by atoms with Crippen molar-refractivity contribution in [3.8, 4) is 0 Å². The van der Waals surface area contributed by atoms with Gasteiger partial charge in [0.1, 0.15) is 6.61 Å². The molecule has 0 heterocycles. The van der Waals surface area contributed by atoms with Gasteiger partial charge in [-0.3, -0.25) is 0 Å². The van der Waals surface area contributed by atoms with Crippen LogP contribution in [0, 0.1) is 0 Å². The van der Waals surface area contributed by atoms with E-state index in [1.54, 1.807) is 6.92 Å². The molecule has 0 aliphatic heterocycles. The highest BCUT2D eigenvalue weighted by molar-refractivity contribution is 9.10. The first-order valence-corrected chi connectivity index (χ1v) is 8.68. The molecule has 2 rings (SSSR count). The lowest BCUT2D eigenvalue weighted by atomic mass is 9.93. The molecule has 2 N–H and O–H groups in total. The van der Waals surface area contributed by atoms with E-state index in [0.29, 0.717) is 0 Å². The molecular formula is C19H24BrNO3. The summed E-state index contributed by atoms with van der Waals surface area (Å²) in [6, 6.07) is 16.9. The van der Waals surface area contributed by atoms with Crippen LogP contribution in [-0.2, 0) is 16.9 Å². The fraction of sp³-hybridized carbons (Fsp3) is 0.316. The van der Waals surface area contributed by atoms with E-state index in [0.717, 1.165) is 15.6 Å². The number of ether oxygens (including phenoxy) is 1. The van der Waals surface area contributed by atoms with Crippen LogP contribution in [0.1, 0.15) is 31.9 Å². The average molecular weight is 394 g/mol. The number of hydrogen-bond acceptors (Lipinski definition) is 3. The van der Waals surface area contributed by atoms with Gasteiger partial charge in [0, 0.05) is 4.47 Å². The fourth-order valence-corrected chi connectivity index (χ4v) is 2.42. The Kier molecular flexibility index (Phi) is 8.50. The van der Waals surface area contributed by atoms with Gasteiger partial charge in [-0.05, 0) is 30.2 Å². The zero-order valence-electron chi connectivity index (χ0n) is 14.3.